The molecule has 0 bridgehead atoms. The minimum atomic E-state index is 1.02. The van der Waals surface area contributed by atoms with Gasteiger partial charge in [0.15, 0.2) is 0 Å². The zero-order valence-electron chi connectivity index (χ0n) is 16.4. The molecular formula is C26H22S4. The van der Waals surface area contributed by atoms with Crippen LogP contribution in [0, 0.1) is 0 Å². The molecule has 0 fully saturated rings. The highest BCUT2D eigenvalue weighted by Crippen LogP contribution is 2.38. The first-order chi connectivity index (χ1) is 14.9. The van der Waals surface area contributed by atoms with Crippen LogP contribution in [-0.2, 0) is 11.5 Å². The Kier molecular flexibility index (Phi) is 8.33. The lowest BCUT2D eigenvalue weighted by molar-refractivity contribution is 1.41. The Hall–Kier alpha value is -1.72. The van der Waals surface area contributed by atoms with E-state index in [1.54, 1.807) is 21.6 Å². The predicted molar refractivity (Wildman–Crippen MR) is 139 cm³/mol. The maximum atomic E-state index is 2.32. The molecule has 0 aliphatic rings. The lowest BCUT2D eigenvalue weighted by Crippen LogP contribution is -1.83. The summed E-state index contributed by atoms with van der Waals surface area (Å²) in [6.45, 7) is 0. The maximum Gasteiger partial charge on any atom is 0.0289 e. The summed E-state index contributed by atoms with van der Waals surface area (Å²) in [7, 11) is 7.44. The second kappa shape index (κ2) is 11.6. The molecule has 0 saturated carbocycles. The van der Waals surface area contributed by atoms with E-state index in [2.05, 4.69) is 109 Å². The highest BCUT2D eigenvalue weighted by Gasteiger charge is 2.03. The van der Waals surface area contributed by atoms with Crippen LogP contribution in [0.15, 0.2) is 119 Å². The minimum absolute atomic E-state index is 1.02. The minimum Gasteiger partial charge on any atom is -0.0890 e. The zero-order chi connectivity index (χ0) is 20.4. The van der Waals surface area contributed by atoms with E-state index in [0.29, 0.717) is 0 Å². The van der Waals surface area contributed by atoms with Gasteiger partial charge in [0.2, 0.25) is 0 Å². The van der Waals surface area contributed by atoms with Gasteiger partial charge >= 0.3 is 0 Å². The van der Waals surface area contributed by atoms with E-state index in [0.717, 1.165) is 11.5 Å². The lowest BCUT2D eigenvalue weighted by Gasteiger charge is -2.07. The van der Waals surface area contributed by atoms with Crippen LogP contribution < -0.4 is 0 Å². The average Bonchev–Trinajstić information content (AvgIpc) is 2.82. The van der Waals surface area contributed by atoms with Crippen LogP contribution in [0.2, 0.25) is 0 Å². The standard InChI is InChI=1S/C26H22S4/c1-3-8-21(9-4-1)19-27-28-20-22-10-7-11-24(18-22)23-14-16-26(17-15-23)30-29-25-12-5-2-6-13-25/h1-18H,19-20H2. The van der Waals surface area contributed by atoms with Crippen molar-refractivity contribution in [1.82, 2.24) is 0 Å². The van der Waals surface area contributed by atoms with E-state index in [-0.39, 0.29) is 0 Å². The number of rotatable bonds is 9. The van der Waals surface area contributed by atoms with Gasteiger partial charge in [0.05, 0.1) is 0 Å². The van der Waals surface area contributed by atoms with Crippen molar-refractivity contribution in [2.24, 2.45) is 0 Å². The molecule has 0 aromatic heterocycles. The normalized spacial score (nSPS) is 10.8. The summed E-state index contributed by atoms with van der Waals surface area (Å²) in [6, 6.07) is 39.0. The molecule has 0 heterocycles. The van der Waals surface area contributed by atoms with Crippen LogP contribution in [0.4, 0.5) is 0 Å². The van der Waals surface area contributed by atoms with E-state index in [4.69, 9.17) is 0 Å². The maximum absolute atomic E-state index is 2.32. The van der Waals surface area contributed by atoms with Gasteiger partial charge in [0, 0.05) is 21.3 Å². The van der Waals surface area contributed by atoms with Crippen LogP contribution in [0.1, 0.15) is 11.1 Å². The van der Waals surface area contributed by atoms with E-state index < -0.39 is 0 Å². The second-order valence-corrected chi connectivity index (χ2v) is 11.5. The van der Waals surface area contributed by atoms with E-state index in [1.165, 1.54) is 32.0 Å². The number of hydrogen-bond donors (Lipinski definition) is 0. The first-order valence-electron chi connectivity index (χ1n) is 9.74. The van der Waals surface area contributed by atoms with Gasteiger partial charge in [-0.05, 0) is 46.5 Å². The molecule has 0 amide bonds. The molecule has 0 atom stereocenters. The van der Waals surface area contributed by atoms with Gasteiger partial charge in [-0.2, -0.15) is 0 Å². The molecule has 4 aromatic rings. The Morgan fingerprint density at radius 2 is 1.00 bits per heavy atom. The zero-order valence-corrected chi connectivity index (χ0v) is 19.7. The van der Waals surface area contributed by atoms with Gasteiger partial charge in [-0.25, -0.2) is 0 Å². The third-order valence-electron chi connectivity index (χ3n) is 4.47. The van der Waals surface area contributed by atoms with Crippen molar-refractivity contribution >= 4 is 43.2 Å². The summed E-state index contributed by atoms with van der Waals surface area (Å²) in [5.41, 5.74) is 5.31. The van der Waals surface area contributed by atoms with Crippen molar-refractivity contribution in [3.8, 4) is 11.1 Å². The van der Waals surface area contributed by atoms with E-state index in [1.807, 2.05) is 21.6 Å². The highest BCUT2D eigenvalue weighted by molar-refractivity contribution is 8.76. The van der Waals surface area contributed by atoms with Gasteiger partial charge in [-0.15, -0.1) is 0 Å². The van der Waals surface area contributed by atoms with Gasteiger partial charge in [-0.3, -0.25) is 0 Å². The predicted octanol–water partition coefficient (Wildman–Crippen LogP) is 9.23. The van der Waals surface area contributed by atoms with Gasteiger partial charge < -0.3 is 0 Å². The molecule has 4 aromatic carbocycles. The van der Waals surface area contributed by atoms with E-state index >= 15 is 0 Å². The van der Waals surface area contributed by atoms with Crippen molar-refractivity contribution in [1.29, 1.82) is 0 Å². The molecule has 0 radical (unpaired) electrons. The molecule has 0 spiro atoms. The lowest BCUT2D eigenvalue weighted by atomic mass is 10.0. The Balaban J connectivity index is 1.30. The van der Waals surface area contributed by atoms with Crippen molar-refractivity contribution in [2.45, 2.75) is 21.3 Å². The van der Waals surface area contributed by atoms with Crippen molar-refractivity contribution in [2.75, 3.05) is 0 Å². The summed E-state index contributed by atoms with van der Waals surface area (Å²) in [4.78, 5) is 2.55. The van der Waals surface area contributed by atoms with Crippen LogP contribution >= 0.6 is 43.2 Å². The Morgan fingerprint density at radius 3 is 1.70 bits per heavy atom. The Bertz CT molecular complexity index is 1030. The molecule has 4 heteroatoms. The van der Waals surface area contributed by atoms with Crippen molar-refractivity contribution < 1.29 is 0 Å². The van der Waals surface area contributed by atoms with Crippen LogP contribution in [-0.4, -0.2) is 0 Å². The van der Waals surface area contributed by atoms with Gasteiger partial charge in [0.25, 0.3) is 0 Å². The first kappa shape index (κ1) is 21.5. The van der Waals surface area contributed by atoms with Gasteiger partial charge in [-0.1, -0.05) is 128 Å². The molecule has 0 saturated heterocycles. The van der Waals surface area contributed by atoms with E-state index in [9.17, 15) is 0 Å². The fraction of sp³-hybridized carbons (Fsp3) is 0.0769. The summed E-state index contributed by atoms with van der Waals surface area (Å²) in [5.74, 6) is 2.07. The summed E-state index contributed by atoms with van der Waals surface area (Å²) >= 11 is 0. The SMILES string of the molecule is c1ccc(CSSCc2cccc(-c3ccc(SSc4ccccc4)cc3)c2)cc1. The molecule has 0 N–H and O–H groups in total. The third kappa shape index (κ3) is 6.64. The molecule has 0 unspecified atom stereocenters. The molecular weight excluding hydrogens is 441 g/mol. The Morgan fingerprint density at radius 1 is 0.433 bits per heavy atom. The fourth-order valence-electron chi connectivity index (χ4n) is 2.91. The highest BCUT2D eigenvalue weighted by atomic mass is 33.1. The molecule has 0 aliphatic carbocycles. The monoisotopic (exact) mass is 462 g/mol. The quantitative estimate of drug-likeness (QED) is 0.179. The summed E-state index contributed by atoms with van der Waals surface area (Å²) in [5, 5.41) is 0. The van der Waals surface area contributed by atoms with Crippen molar-refractivity contribution in [3.05, 3.63) is 120 Å². The first-order valence-corrected chi connectivity index (χ1v) is 14.4. The number of hydrogen-bond acceptors (Lipinski definition) is 4. The fourth-order valence-corrected chi connectivity index (χ4v) is 6.99. The van der Waals surface area contributed by atoms with Crippen molar-refractivity contribution in [3.63, 3.8) is 0 Å². The molecule has 4 rings (SSSR count). The average molecular weight is 463 g/mol. The summed E-state index contributed by atoms with van der Waals surface area (Å²) in [6.07, 6.45) is 0. The molecule has 0 aliphatic heterocycles. The van der Waals surface area contributed by atoms with Crippen LogP contribution in [0.3, 0.4) is 0 Å². The third-order valence-corrected chi connectivity index (χ3v) is 9.16. The molecule has 0 nitrogen and oxygen atoms in total. The topological polar surface area (TPSA) is 0 Å². The van der Waals surface area contributed by atoms with Crippen LogP contribution in [0.5, 0.6) is 0 Å². The smallest absolute Gasteiger partial charge is 0.0289 e. The second-order valence-electron chi connectivity index (χ2n) is 6.71. The Labute approximate surface area is 195 Å². The van der Waals surface area contributed by atoms with Crippen LogP contribution in [0.25, 0.3) is 11.1 Å². The summed E-state index contributed by atoms with van der Waals surface area (Å²) < 4.78 is 0. The molecule has 30 heavy (non-hydrogen) atoms. The number of benzene rings is 4. The molecule has 150 valence electrons. The largest absolute Gasteiger partial charge is 0.0890 e. The van der Waals surface area contributed by atoms with Gasteiger partial charge in [0.1, 0.15) is 0 Å².